The third kappa shape index (κ3) is 3.95. The van der Waals surface area contributed by atoms with Gasteiger partial charge < -0.3 is 9.84 Å². The Bertz CT molecular complexity index is 327. The fourth-order valence-electron chi connectivity index (χ4n) is 0.839. The van der Waals surface area contributed by atoms with Gasteiger partial charge in [0.25, 0.3) is 0 Å². The van der Waals surface area contributed by atoms with Gasteiger partial charge in [-0.25, -0.2) is 4.68 Å². The molecule has 1 rings (SSSR count). The van der Waals surface area contributed by atoms with Crippen LogP contribution in [0.2, 0.25) is 0 Å². The van der Waals surface area contributed by atoms with Crippen molar-refractivity contribution in [2.24, 2.45) is 0 Å². The van der Waals surface area contributed by atoms with Crippen LogP contribution in [-0.2, 0) is 11.3 Å². The summed E-state index contributed by atoms with van der Waals surface area (Å²) >= 11 is 4.86. The van der Waals surface area contributed by atoms with Crippen molar-refractivity contribution in [3.05, 3.63) is 4.77 Å². The van der Waals surface area contributed by atoms with Crippen molar-refractivity contribution in [2.45, 2.75) is 26.0 Å². The molecule has 0 fully saturated rings. The molecule has 0 unspecified atom stereocenters. The Balaban J connectivity index is 2.23. The highest BCUT2D eigenvalue weighted by molar-refractivity contribution is 7.71. The van der Waals surface area contributed by atoms with Crippen LogP contribution in [0.4, 0.5) is 0 Å². The van der Waals surface area contributed by atoms with E-state index in [1.165, 1.54) is 0 Å². The van der Waals surface area contributed by atoms with Gasteiger partial charge in [0.1, 0.15) is 0 Å². The van der Waals surface area contributed by atoms with Crippen molar-refractivity contribution in [2.75, 3.05) is 13.2 Å². The highest BCUT2D eigenvalue weighted by Crippen LogP contribution is 2.00. The van der Waals surface area contributed by atoms with E-state index in [1.807, 2.05) is 0 Å². The summed E-state index contributed by atoms with van der Waals surface area (Å²) in [5, 5.41) is 19.1. The zero-order chi connectivity index (χ0) is 10.6. The second-order valence-electron chi connectivity index (χ2n) is 3.60. The standard InChI is InChI=1S/C7H14N4O2S/c1-7(2,12)5-13-4-3-11-6(14)8-9-10-11/h12H,3-5H2,1-2H3,(H,8,10,14). The third-order valence-corrected chi connectivity index (χ3v) is 1.75. The zero-order valence-electron chi connectivity index (χ0n) is 8.23. The lowest BCUT2D eigenvalue weighted by Gasteiger charge is -2.16. The zero-order valence-corrected chi connectivity index (χ0v) is 9.04. The highest BCUT2D eigenvalue weighted by atomic mass is 32.1. The number of aliphatic hydroxyl groups is 1. The van der Waals surface area contributed by atoms with Crippen molar-refractivity contribution < 1.29 is 9.84 Å². The molecule has 0 bridgehead atoms. The number of hydrogen-bond donors (Lipinski definition) is 2. The van der Waals surface area contributed by atoms with Crippen LogP contribution in [0.15, 0.2) is 0 Å². The molecule has 7 heteroatoms. The minimum Gasteiger partial charge on any atom is -0.388 e. The van der Waals surface area contributed by atoms with Gasteiger partial charge in [-0.3, -0.25) is 0 Å². The maximum Gasteiger partial charge on any atom is 0.238 e. The molecule has 6 nitrogen and oxygen atoms in total. The molecule has 0 radical (unpaired) electrons. The molecular weight excluding hydrogens is 204 g/mol. The van der Waals surface area contributed by atoms with Crippen molar-refractivity contribution >= 4 is 12.2 Å². The topological polar surface area (TPSA) is 76.0 Å². The Kier molecular flexibility index (Phi) is 3.73. The Morgan fingerprint density at radius 3 is 2.86 bits per heavy atom. The van der Waals surface area contributed by atoms with E-state index in [-0.39, 0.29) is 0 Å². The van der Waals surface area contributed by atoms with Crippen LogP contribution < -0.4 is 0 Å². The van der Waals surface area contributed by atoms with E-state index >= 15 is 0 Å². The minimum absolute atomic E-state index is 0.294. The normalized spacial score (nSPS) is 11.9. The van der Waals surface area contributed by atoms with Gasteiger partial charge in [0.15, 0.2) is 0 Å². The second-order valence-corrected chi connectivity index (χ2v) is 3.96. The van der Waals surface area contributed by atoms with Crippen molar-refractivity contribution in [1.82, 2.24) is 20.2 Å². The Morgan fingerprint density at radius 1 is 1.64 bits per heavy atom. The molecule has 0 spiro atoms. The molecule has 1 aromatic rings. The van der Waals surface area contributed by atoms with E-state index < -0.39 is 5.60 Å². The fourth-order valence-corrected chi connectivity index (χ4v) is 1.01. The quantitative estimate of drug-likeness (QED) is 0.542. The third-order valence-electron chi connectivity index (χ3n) is 1.45. The smallest absolute Gasteiger partial charge is 0.238 e. The average molecular weight is 218 g/mol. The fraction of sp³-hybridized carbons (Fsp3) is 0.857. The van der Waals surface area contributed by atoms with Gasteiger partial charge in [0.05, 0.1) is 25.4 Å². The maximum atomic E-state index is 9.34. The number of nitrogens with zero attached hydrogens (tertiary/aromatic N) is 3. The predicted molar refractivity (Wildman–Crippen MR) is 52.3 cm³/mol. The molecule has 0 aliphatic carbocycles. The van der Waals surface area contributed by atoms with Gasteiger partial charge in [-0.2, -0.15) is 5.21 Å². The Morgan fingerprint density at radius 2 is 2.36 bits per heavy atom. The van der Waals surface area contributed by atoms with Crippen LogP contribution in [0.1, 0.15) is 13.8 Å². The highest BCUT2D eigenvalue weighted by Gasteiger charge is 2.11. The summed E-state index contributed by atoms with van der Waals surface area (Å²) in [5.74, 6) is 0. The summed E-state index contributed by atoms with van der Waals surface area (Å²) in [4.78, 5) is 0. The monoisotopic (exact) mass is 218 g/mol. The summed E-state index contributed by atoms with van der Waals surface area (Å²) in [7, 11) is 0. The number of ether oxygens (including phenoxy) is 1. The van der Waals surface area contributed by atoms with Gasteiger partial charge in [-0.1, -0.05) is 10.3 Å². The van der Waals surface area contributed by atoms with Gasteiger partial charge in [0, 0.05) is 0 Å². The van der Waals surface area contributed by atoms with E-state index in [4.69, 9.17) is 17.0 Å². The number of hydrogen-bond acceptors (Lipinski definition) is 5. The number of nitrogens with one attached hydrogen (secondary N) is 1. The SMILES string of the molecule is CC(C)(O)COCCn1[nH]nnc1=S. The summed E-state index contributed by atoms with van der Waals surface area (Å²) < 4.78 is 7.23. The molecule has 0 aliphatic rings. The lowest BCUT2D eigenvalue weighted by atomic mass is 10.2. The van der Waals surface area contributed by atoms with E-state index in [0.29, 0.717) is 24.5 Å². The van der Waals surface area contributed by atoms with Gasteiger partial charge in [-0.05, 0) is 26.1 Å². The minimum atomic E-state index is -0.798. The maximum absolute atomic E-state index is 9.34. The molecule has 0 saturated heterocycles. The van der Waals surface area contributed by atoms with E-state index in [9.17, 15) is 5.11 Å². The Hall–Kier alpha value is -0.790. The first-order chi connectivity index (χ1) is 6.49. The first kappa shape index (κ1) is 11.3. The molecule has 0 aliphatic heterocycles. The number of H-pyrrole nitrogens is 1. The average Bonchev–Trinajstić information content (AvgIpc) is 2.44. The van der Waals surface area contributed by atoms with Gasteiger partial charge in [0.2, 0.25) is 4.77 Å². The first-order valence-electron chi connectivity index (χ1n) is 4.27. The van der Waals surface area contributed by atoms with Crippen LogP contribution in [0.3, 0.4) is 0 Å². The lowest BCUT2D eigenvalue weighted by Crippen LogP contribution is -2.27. The molecule has 80 valence electrons. The molecule has 1 aromatic heterocycles. The largest absolute Gasteiger partial charge is 0.388 e. The number of tetrazole rings is 1. The molecule has 0 amide bonds. The van der Waals surface area contributed by atoms with Gasteiger partial charge >= 0.3 is 0 Å². The van der Waals surface area contributed by atoms with Crippen molar-refractivity contribution in [1.29, 1.82) is 0 Å². The predicted octanol–water partition coefficient (Wildman–Crippen LogP) is 0.123. The van der Waals surface area contributed by atoms with Crippen LogP contribution in [0.5, 0.6) is 0 Å². The van der Waals surface area contributed by atoms with Gasteiger partial charge in [-0.15, -0.1) is 0 Å². The molecule has 14 heavy (non-hydrogen) atoms. The number of aromatic nitrogens is 4. The van der Waals surface area contributed by atoms with Crippen molar-refractivity contribution in [3.63, 3.8) is 0 Å². The Labute approximate surface area is 86.9 Å². The van der Waals surface area contributed by atoms with Crippen molar-refractivity contribution in [3.8, 4) is 0 Å². The molecule has 0 saturated carbocycles. The van der Waals surface area contributed by atoms with E-state index in [2.05, 4.69) is 15.5 Å². The summed E-state index contributed by atoms with van der Waals surface area (Å²) in [6, 6.07) is 0. The lowest BCUT2D eigenvalue weighted by molar-refractivity contribution is -0.0232. The summed E-state index contributed by atoms with van der Waals surface area (Å²) in [5.41, 5.74) is -0.798. The van der Waals surface area contributed by atoms with Crippen LogP contribution in [0, 0.1) is 4.77 Å². The number of aromatic amines is 1. The molecule has 2 N–H and O–H groups in total. The van der Waals surface area contributed by atoms with E-state index in [0.717, 1.165) is 0 Å². The first-order valence-corrected chi connectivity index (χ1v) is 4.68. The number of rotatable bonds is 5. The molecule has 0 atom stereocenters. The van der Waals surface area contributed by atoms with Crippen LogP contribution in [-0.4, -0.2) is 44.1 Å². The second kappa shape index (κ2) is 4.63. The molecule has 1 heterocycles. The van der Waals surface area contributed by atoms with Crippen LogP contribution in [0.25, 0.3) is 0 Å². The molecular formula is C7H14N4O2S. The van der Waals surface area contributed by atoms with Crippen LogP contribution >= 0.6 is 12.2 Å². The summed E-state index contributed by atoms with van der Waals surface area (Å²) in [6.07, 6.45) is 0. The van der Waals surface area contributed by atoms with E-state index in [1.54, 1.807) is 18.5 Å². The molecule has 0 aromatic carbocycles. The summed E-state index contributed by atoms with van der Waals surface area (Å²) in [6.45, 7) is 4.69.